The first-order chi connectivity index (χ1) is 13.4. The van der Waals surface area contributed by atoms with Gasteiger partial charge in [0.15, 0.2) is 0 Å². The number of non-ortho nitro benzene ring substituents is 1. The Labute approximate surface area is 162 Å². The zero-order valence-electron chi connectivity index (χ0n) is 16.1. The number of benzene rings is 1. The van der Waals surface area contributed by atoms with Crippen molar-refractivity contribution >= 4 is 23.5 Å². The van der Waals surface area contributed by atoms with E-state index in [0.717, 1.165) is 12.0 Å². The van der Waals surface area contributed by atoms with Crippen molar-refractivity contribution in [3.05, 3.63) is 45.8 Å². The van der Waals surface area contributed by atoms with E-state index >= 15 is 0 Å². The van der Waals surface area contributed by atoms with Gasteiger partial charge < -0.3 is 10.1 Å². The highest BCUT2D eigenvalue weighted by Gasteiger charge is 2.12. The van der Waals surface area contributed by atoms with Crippen LogP contribution in [-0.2, 0) is 16.1 Å². The Kier molecular flexibility index (Phi) is 7.76. The van der Waals surface area contributed by atoms with E-state index in [1.807, 2.05) is 6.92 Å². The van der Waals surface area contributed by atoms with Gasteiger partial charge in [-0.05, 0) is 18.9 Å². The van der Waals surface area contributed by atoms with Gasteiger partial charge >= 0.3 is 0 Å². The molecule has 10 nitrogen and oxygen atoms in total. The average molecular weight is 388 g/mol. The van der Waals surface area contributed by atoms with Gasteiger partial charge in [0.1, 0.15) is 5.82 Å². The van der Waals surface area contributed by atoms with E-state index < -0.39 is 4.92 Å². The van der Waals surface area contributed by atoms with Crippen LogP contribution in [0.4, 0.5) is 17.6 Å². The fourth-order valence-electron chi connectivity index (χ4n) is 2.34. The molecule has 2 aromatic rings. The number of rotatable bonds is 10. The van der Waals surface area contributed by atoms with Crippen LogP contribution in [0.15, 0.2) is 24.3 Å². The molecule has 1 unspecified atom stereocenters. The normalized spacial score (nSPS) is 11.7. The highest BCUT2D eigenvalue weighted by atomic mass is 16.6. The lowest BCUT2D eigenvalue weighted by atomic mass is 10.2. The van der Waals surface area contributed by atoms with Crippen molar-refractivity contribution in [2.24, 2.45) is 0 Å². The van der Waals surface area contributed by atoms with Gasteiger partial charge in [-0.15, -0.1) is 0 Å². The third-order valence-corrected chi connectivity index (χ3v) is 3.85. The van der Waals surface area contributed by atoms with Crippen LogP contribution in [-0.4, -0.2) is 38.4 Å². The second-order valence-corrected chi connectivity index (χ2v) is 6.12. The molecule has 10 heteroatoms. The summed E-state index contributed by atoms with van der Waals surface area (Å²) >= 11 is 0. The van der Waals surface area contributed by atoms with Crippen molar-refractivity contribution in [2.75, 3.05) is 17.2 Å². The maximum atomic E-state index is 11.5. The molecule has 0 bridgehead atoms. The Hall–Kier alpha value is -3.14. The Morgan fingerprint density at radius 1 is 1.25 bits per heavy atom. The number of aryl methyl sites for hydroxylation is 1. The number of hydrogen-bond donors (Lipinski definition) is 2. The topological polar surface area (TPSA) is 132 Å². The molecule has 2 rings (SSSR count). The number of ether oxygens (including phenoxy) is 1. The molecule has 150 valence electrons. The molecule has 0 saturated carbocycles. The highest BCUT2D eigenvalue weighted by molar-refractivity contribution is 5.88. The van der Waals surface area contributed by atoms with Gasteiger partial charge in [0, 0.05) is 18.6 Å². The highest BCUT2D eigenvalue weighted by Crippen LogP contribution is 2.14. The Morgan fingerprint density at radius 3 is 2.68 bits per heavy atom. The first-order valence-corrected chi connectivity index (χ1v) is 9.01. The zero-order chi connectivity index (χ0) is 20.5. The van der Waals surface area contributed by atoms with E-state index in [4.69, 9.17) is 4.74 Å². The van der Waals surface area contributed by atoms with Gasteiger partial charge in [-0.25, -0.2) is 0 Å². The van der Waals surface area contributed by atoms with Crippen molar-refractivity contribution in [3.63, 3.8) is 0 Å². The van der Waals surface area contributed by atoms with Gasteiger partial charge in [0.2, 0.25) is 17.8 Å². The van der Waals surface area contributed by atoms with Gasteiger partial charge in [0.05, 0.1) is 24.2 Å². The number of amides is 1. The lowest BCUT2D eigenvalue weighted by molar-refractivity contribution is -0.384. The molecule has 0 aliphatic carbocycles. The third-order valence-electron chi connectivity index (χ3n) is 3.85. The molecular weight excluding hydrogens is 364 g/mol. The molecule has 1 amide bonds. The van der Waals surface area contributed by atoms with Crippen LogP contribution >= 0.6 is 0 Å². The van der Waals surface area contributed by atoms with Gasteiger partial charge in [-0.2, -0.15) is 15.0 Å². The molecule has 1 atom stereocenters. The predicted octanol–water partition coefficient (Wildman–Crippen LogP) is 2.84. The van der Waals surface area contributed by atoms with Crippen molar-refractivity contribution in [1.29, 1.82) is 0 Å². The Balaban J connectivity index is 1.94. The summed E-state index contributed by atoms with van der Waals surface area (Å²) in [6, 6.07) is 6.27. The summed E-state index contributed by atoms with van der Waals surface area (Å²) in [4.78, 5) is 34.5. The zero-order valence-corrected chi connectivity index (χ0v) is 16.1. The largest absolute Gasteiger partial charge is 0.375 e. The third kappa shape index (κ3) is 6.54. The second-order valence-electron chi connectivity index (χ2n) is 6.12. The molecule has 1 aromatic carbocycles. The van der Waals surface area contributed by atoms with Gasteiger partial charge in [-0.3, -0.25) is 20.2 Å². The molecule has 2 N–H and O–H groups in total. The molecule has 1 heterocycles. The first-order valence-electron chi connectivity index (χ1n) is 9.01. The number of hydrogen-bond acceptors (Lipinski definition) is 8. The summed E-state index contributed by atoms with van der Waals surface area (Å²) in [6.45, 7) is 6.07. The minimum atomic E-state index is -0.433. The smallest absolute Gasteiger partial charge is 0.269 e. The monoisotopic (exact) mass is 388 g/mol. The summed E-state index contributed by atoms with van der Waals surface area (Å²) in [5.74, 6) is 0.860. The first kappa shape index (κ1) is 21.2. The summed E-state index contributed by atoms with van der Waals surface area (Å²) in [6.07, 6.45) is 1.08. The molecule has 0 saturated heterocycles. The lowest BCUT2D eigenvalue weighted by Crippen LogP contribution is -2.26. The standard InChI is InChI=1S/C18H24N6O4/c1-4-14(11-28-10-13-7-6-8-15(9-13)24(26)27)21-17-19-12(3)20-18(23-17)22-16(25)5-2/h6-9,14H,4-5,10-11H2,1-3H3,(H2,19,20,21,22,23,25). The molecule has 0 aliphatic heterocycles. The second kappa shape index (κ2) is 10.3. The average Bonchev–Trinajstić information content (AvgIpc) is 2.66. The van der Waals surface area contributed by atoms with E-state index in [9.17, 15) is 14.9 Å². The Morgan fingerprint density at radius 2 is 2.00 bits per heavy atom. The minimum absolute atomic E-state index is 0.0357. The van der Waals surface area contributed by atoms with Gasteiger partial charge in [0.25, 0.3) is 5.69 Å². The minimum Gasteiger partial charge on any atom is -0.375 e. The van der Waals surface area contributed by atoms with Crippen LogP contribution in [0, 0.1) is 17.0 Å². The van der Waals surface area contributed by atoms with Crippen molar-refractivity contribution in [1.82, 2.24) is 15.0 Å². The van der Waals surface area contributed by atoms with E-state index in [0.29, 0.717) is 24.8 Å². The predicted molar refractivity (Wildman–Crippen MR) is 104 cm³/mol. The molecule has 1 aromatic heterocycles. The number of carbonyl (C=O) groups is 1. The van der Waals surface area contributed by atoms with E-state index in [1.54, 1.807) is 26.0 Å². The number of aromatic nitrogens is 3. The van der Waals surface area contributed by atoms with Crippen LogP contribution in [0.2, 0.25) is 0 Å². The Bertz CT molecular complexity index is 829. The number of carbonyl (C=O) groups excluding carboxylic acids is 1. The van der Waals surface area contributed by atoms with Crippen LogP contribution < -0.4 is 10.6 Å². The summed E-state index contributed by atoms with van der Waals surface area (Å²) < 4.78 is 5.70. The summed E-state index contributed by atoms with van der Waals surface area (Å²) in [5, 5.41) is 16.6. The number of anilines is 2. The molecule has 0 spiro atoms. The van der Waals surface area contributed by atoms with Crippen LogP contribution in [0.1, 0.15) is 38.1 Å². The van der Waals surface area contributed by atoms with Crippen LogP contribution in [0.25, 0.3) is 0 Å². The van der Waals surface area contributed by atoms with E-state index in [1.165, 1.54) is 12.1 Å². The number of nitrogens with zero attached hydrogens (tertiary/aromatic N) is 4. The van der Waals surface area contributed by atoms with Crippen molar-refractivity contribution < 1.29 is 14.5 Å². The fourth-order valence-corrected chi connectivity index (χ4v) is 2.34. The maximum absolute atomic E-state index is 11.5. The van der Waals surface area contributed by atoms with Gasteiger partial charge in [-0.1, -0.05) is 26.0 Å². The quantitative estimate of drug-likeness (QED) is 0.469. The molecular formula is C18H24N6O4. The van der Waals surface area contributed by atoms with Crippen molar-refractivity contribution in [3.8, 4) is 0 Å². The maximum Gasteiger partial charge on any atom is 0.269 e. The number of nitro benzene ring substituents is 1. The fraction of sp³-hybridized carbons (Fsp3) is 0.444. The number of nitro groups is 1. The molecule has 0 aliphatic rings. The molecule has 0 radical (unpaired) electrons. The van der Waals surface area contributed by atoms with Crippen molar-refractivity contribution in [2.45, 2.75) is 46.3 Å². The van der Waals surface area contributed by atoms with E-state index in [-0.39, 0.29) is 30.2 Å². The SMILES string of the molecule is CCC(=O)Nc1nc(C)nc(NC(CC)COCc2cccc([N+](=O)[O-])c2)n1. The summed E-state index contributed by atoms with van der Waals surface area (Å²) in [7, 11) is 0. The van der Waals surface area contributed by atoms with E-state index in [2.05, 4.69) is 25.6 Å². The van der Waals surface area contributed by atoms with Crippen LogP contribution in [0.3, 0.4) is 0 Å². The molecule has 0 fully saturated rings. The van der Waals surface area contributed by atoms with Crippen LogP contribution in [0.5, 0.6) is 0 Å². The summed E-state index contributed by atoms with van der Waals surface area (Å²) in [5.41, 5.74) is 0.762. The molecule has 28 heavy (non-hydrogen) atoms. The number of nitrogens with one attached hydrogen (secondary N) is 2. The lowest BCUT2D eigenvalue weighted by Gasteiger charge is -2.17.